The summed E-state index contributed by atoms with van der Waals surface area (Å²) in [5.41, 5.74) is 0. The Kier molecular flexibility index (Phi) is 4.68. The highest BCUT2D eigenvalue weighted by Gasteiger charge is 2.30. The quantitative estimate of drug-likeness (QED) is 0.504. The summed E-state index contributed by atoms with van der Waals surface area (Å²) < 4.78 is 29.8. The molecule has 1 aliphatic rings. The van der Waals surface area contributed by atoms with E-state index in [1.54, 1.807) is 33.5 Å². The molecule has 30 heavy (non-hydrogen) atoms. The number of rotatable bonds is 4. The second-order valence-electron chi connectivity index (χ2n) is 7.07. The van der Waals surface area contributed by atoms with Gasteiger partial charge >= 0.3 is 0 Å². The smallest absolute Gasteiger partial charge is 0.243 e. The van der Waals surface area contributed by atoms with Gasteiger partial charge in [-0.25, -0.2) is 13.1 Å². The Hall–Kier alpha value is -3.30. The topological polar surface area (TPSA) is 84.2 Å². The molecule has 5 rings (SSSR count). The maximum atomic E-state index is 13.3. The molecule has 1 fully saturated rings. The van der Waals surface area contributed by atoms with Crippen molar-refractivity contribution in [1.29, 1.82) is 0 Å². The molecule has 0 N–H and O–H groups in total. The Morgan fingerprint density at radius 1 is 0.767 bits per heavy atom. The molecule has 0 bridgehead atoms. The molecule has 2 aromatic carbocycles. The number of hydrogen-bond donors (Lipinski definition) is 0. The van der Waals surface area contributed by atoms with Crippen LogP contribution in [0.1, 0.15) is 0 Å². The highest BCUT2D eigenvalue weighted by Crippen LogP contribution is 2.27. The summed E-state index contributed by atoms with van der Waals surface area (Å²) >= 11 is 0. The van der Waals surface area contributed by atoms with E-state index in [1.807, 2.05) is 48.5 Å². The molecule has 8 nitrogen and oxygen atoms in total. The minimum Gasteiger partial charge on any atom is -0.352 e. The van der Waals surface area contributed by atoms with Crippen LogP contribution in [0.2, 0.25) is 0 Å². The highest BCUT2D eigenvalue weighted by atomic mass is 32.2. The molecule has 152 valence electrons. The zero-order valence-corrected chi connectivity index (χ0v) is 17.0. The summed E-state index contributed by atoms with van der Waals surface area (Å²) in [4.78, 5) is 2.41. The lowest BCUT2D eigenvalue weighted by atomic mass is 10.1. The Balaban J connectivity index is 1.33. The summed E-state index contributed by atoms with van der Waals surface area (Å²) in [5.74, 6) is 1.37. The molecule has 0 saturated carbocycles. The molecule has 0 unspecified atom stereocenters. The van der Waals surface area contributed by atoms with Crippen molar-refractivity contribution in [2.75, 3.05) is 31.1 Å². The first kappa shape index (κ1) is 18.7. The fourth-order valence-electron chi connectivity index (χ4n) is 3.73. The second-order valence-corrected chi connectivity index (χ2v) is 8.98. The third-order valence-electron chi connectivity index (χ3n) is 5.31. The molecule has 0 radical (unpaired) electrons. The van der Waals surface area contributed by atoms with Gasteiger partial charge in [0.2, 0.25) is 10.0 Å². The Bertz CT molecular complexity index is 1260. The van der Waals surface area contributed by atoms with Gasteiger partial charge in [-0.3, -0.25) is 0 Å². The highest BCUT2D eigenvalue weighted by molar-refractivity contribution is 7.89. The zero-order chi connectivity index (χ0) is 20.6. The van der Waals surface area contributed by atoms with Crippen LogP contribution < -0.4 is 4.90 Å². The minimum absolute atomic E-state index is 0.359. The van der Waals surface area contributed by atoms with Crippen LogP contribution >= 0.6 is 0 Å². The van der Waals surface area contributed by atoms with Crippen LogP contribution in [-0.2, 0) is 10.0 Å². The molecular weight excluding hydrogens is 400 g/mol. The lowest BCUT2D eigenvalue weighted by molar-refractivity contribution is 0.384. The fourth-order valence-corrected chi connectivity index (χ4v) is 5.37. The first-order valence-corrected chi connectivity index (χ1v) is 11.1. The molecule has 9 heteroatoms. The average Bonchev–Trinajstić information content (AvgIpc) is 3.34. The maximum Gasteiger partial charge on any atom is 0.243 e. The summed E-state index contributed by atoms with van der Waals surface area (Å²) in [6.07, 6.45) is 3.49. The first-order chi connectivity index (χ1) is 14.6. The average molecular weight is 420 g/mol. The van der Waals surface area contributed by atoms with Crippen LogP contribution in [0.15, 0.2) is 78.0 Å². The molecule has 1 aliphatic heterocycles. The van der Waals surface area contributed by atoms with Crippen LogP contribution in [0, 0.1) is 0 Å². The minimum atomic E-state index is -3.57. The van der Waals surface area contributed by atoms with Gasteiger partial charge < -0.3 is 4.90 Å². The number of sulfonamides is 1. The lowest BCUT2D eigenvalue weighted by Crippen LogP contribution is -2.49. The Morgan fingerprint density at radius 3 is 2.23 bits per heavy atom. The molecule has 1 saturated heterocycles. The van der Waals surface area contributed by atoms with Crippen molar-refractivity contribution in [1.82, 2.24) is 24.3 Å². The zero-order valence-electron chi connectivity index (χ0n) is 16.2. The molecular formula is C21H20N6O2S. The number of anilines is 1. The van der Waals surface area contributed by atoms with Gasteiger partial charge in [0.1, 0.15) is 0 Å². The number of hydrogen-bond acceptors (Lipinski definition) is 6. The van der Waals surface area contributed by atoms with E-state index in [-0.39, 0.29) is 0 Å². The van der Waals surface area contributed by atoms with Crippen LogP contribution in [0.3, 0.4) is 0 Å². The number of piperazine rings is 1. The van der Waals surface area contributed by atoms with Gasteiger partial charge in [0.05, 0.1) is 4.90 Å². The van der Waals surface area contributed by atoms with Crippen LogP contribution in [0.5, 0.6) is 0 Å². The largest absolute Gasteiger partial charge is 0.352 e. The van der Waals surface area contributed by atoms with Crippen LogP contribution in [0.25, 0.3) is 16.6 Å². The van der Waals surface area contributed by atoms with Gasteiger partial charge in [-0.1, -0.05) is 36.4 Å². The van der Waals surface area contributed by atoms with E-state index in [1.165, 1.54) is 0 Å². The summed E-state index contributed by atoms with van der Waals surface area (Å²) in [5, 5.41) is 14.3. The van der Waals surface area contributed by atoms with E-state index in [0.717, 1.165) is 16.6 Å². The van der Waals surface area contributed by atoms with Crippen molar-refractivity contribution in [3.63, 3.8) is 0 Å². The molecule has 0 atom stereocenters. The summed E-state index contributed by atoms with van der Waals surface area (Å²) in [6.45, 7) is 1.90. The SMILES string of the molecule is O=S(=O)(c1cccc2ccccc12)N1CCN(c2ccc(-n3cccn3)nn2)CC1. The predicted octanol–water partition coefficient (Wildman–Crippen LogP) is 2.33. The van der Waals surface area contributed by atoms with Crippen molar-refractivity contribution in [3.8, 4) is 5.82 Å². The number of fused-ring (bicyclic) bond motifs is 1. The van der Waals surface area contributed by atoms with Crippen LogP contribution in [0.4, 0.5) is 5.82 Å². The predicted molar refractivity (Wildman–Crippen MR) is 114 cm³/mol. The van der Waals surface area contributed by atoms with E-state index in [2.05, 4.69) is 20.2 Å². The third-order valence-corrected chi connectivity index (χ3v) is 7.26. The normalized spacial score (nSPS) is 15.5. The number of benzene rings is 2. The number of aromatic nitrogens is 4. The molecule has 2 aromatic heterocycles. The van der Waals surface area contributed by atoms with E-state index >= 15 is 0 Å². The molecule has 0 amide bonds. The van der Waals surface area contributed by atoms with Crippen molar-refractivity contribution >= 4 is 26.6 Å². The fraction of sp³-hybridized carbons (Fsp3) is 0.190. The van der Waals surface area contributed by atoms with Gasteiger partial charge in [-0.2, -0.15) is 9.40 Å². The van der Waals surface area contributed by atoms with Gasteiger partial charge in [0, 0.05) is 44.0 Å². The Morgan fingerprint density at radius 2 is 1.50 bits per heavy atom. The van der Waals surface area contributed by atoms with E-state index < -0.39 is 10.0 Å². The number of nitrogens with zero attached hydrogens (tertiary/aromatic N) is 6. The van der Waals surface area contributed by atoms with Gasteiger partial charge in [0.25, 0.3) is 0 Å². The second kappa shape index (κ2) is 7.51. The van der Waals surface area contributed by atoms with Gasteiger partial charge in [0.15, 0.2) is 11.6 Å². The monoisotopic (exact) mass is 420 g/mol. The lowest BCUT2D eigenvalue weighted by Gasteiger charge is -2.34. The van der Waals surface area contributed by atoms with Crippen molar-refractivity contribution in [3.05, 3.63) is 73.1 Å². The summed E-state index contributed by atoms with van der Waals surface area (Å²) in [7, 11) is -3.57. The van der Waals surface area contributed by atoms with Gasteiger partial charge in [-0.15, -0.1) is 10.2 Å². The summed E-state index contributed by atoms with van der Waals surface area (Å²) in [6, 6.07) is 18.5. The Labute approximate surface area is 174 Å². The van der Waals surface area contributed by atoms with E-state index in [9.17, 15) is 8.42 Å². The van der Waals surface area contributed by atoms with Crippen molar-refractivity contribution < 1.29 is 8.42 Å². The van der Waals surface area contributed by atoms with Crippen LogP contribution in [-0.4, -0.2) is 58.9 Å². The van der Waals surface area contributed by atoms with E-state index in [0.29, 0.717) is 36.9 Å². The molecule has 0 spiro atoms. The van der Waals surface area contributed by atoms with Gasteiger partial charge in [-0.05, 0) is 29.7 Å². The molecule has 4 aromatic rings. The van der Waals surface area contributed by atoms with Crippen molar-refractivity contribution in [2.24, 2.45) is 0 Å². The van der Waals surface area contributed by atoms with Crippen molar-refractivity contribution in [2.45, 2.75) is 4.90 Å². The third kappa shape index (κ3) is 3.31. The standard InChI is InChI=1S/C21H20N6O2S/c28-30(29,19-8-3-6-17-5-1-2-7-18(17)19)26-15-13-25(14-16-26)20-9-10-21(24-23-20)27-12-4-11-22-27/h1-12H,13-16H2. The van der Waals surface area contributed by atoms with E-state index in [4.69, 9.17) is 0 Å². The maximum absolute atomic E-state index is 13.3. The molecule has 0 aliphatic carbocycles. The molecule has 3 heterocycles. The first-order valence-electron chi connectivity index (χ1n) is 9.69.